The Morgan fingerprint density at radius 3 is 2.05 bits per heavy atom. The van der Waals surface area contributed by atoms with Crippen molar-refractivity contribution in [1.29, 1.82) is 0 Å². The number of hydrogen-bond acceptors (Lipinski definition) is 8. The molecule has 0 aliphatic heterocycles. The number of carbonyl (C=O) groups excluding carboxylic acids is 2. The van der Waals surface area contributed by atoms with Gasteiger partial charge in [0.2, 0.25) is 0 Å². The van der Waals surface area contributed by atoms with Crippen molar-refractivity contribution in [2.75, 3.05) is 14.2 Å². The molecule has 0 aliphatic carbocycles. The molecule has 2 rings (SSSR count). The molecule has 2 aromatic rings. The van der Waals surface area contributed by atoms with E-state index in [1.165, 1.54) is 46.0 Å². The van der Waals surface area contributed by atoms with Gasteiger partial charge in [-0.2, -0.15) is 0 Å². The van der Waals surface area contributed by atoms with Crippen LogP contribution in [0.15, 0.2) is 48.5 Å². The Morgan fingerprint density at radius 1 is 0.762 bits per heavy atom. The molecule has 0 bridgehead atoms. The van der Waals surface area contributed by atoms with E-state index in [4.69, 9.17) is 18.9 Å². The Bertz CT molecular complexity index is 979. The summed E-state index contributed by atoms with van der Waals surface area (Å²) in [4.78, 5) is 23.4. The number of unbranched alkanes of at least 4 members (excludes halogenated alkanes) is 7. The number of rotatable bonds is 20. The van der Waals surface area contributed by atoms with Gasteiger partial charge in [-0.1, -0.05) is 102 Å². The van der Waals surface area contributed by atoms with Gasteiger partial charge in [-0.15, -0.1) is 0 Å². The van der Waals surface area contributed by atoms with E-state index < -0.39 is 12.2 Å². The molecule has 2 unspecified atom stereocenters. The van der Waals surface area contributed by atoms with Crippen LogP contribution in [0.4, 0.5) is 0 Å². The topological polar surface area (TPSA) is 112 Å². The number of methoxy groups -OCH3 is 2. The molecular weight excluding hydrogens is 536 g/mol. The zero-order valence-electron chi connectivity index (χ0n) is 26.0. The lowest BCUT2D eigenvalue weighted by Gasteiger charge is -2.20. The van der Waals surface area contributed by atoms with E-state index in [-0.39, 0.29) is 37.3 Å². The van der Waals surface area contributed by atoms with Crippen molar-refractivity contribution in [1.82, 2.24) is 0 Å². The van der Waals surface area contributed by atoms with Gasteiger partial charge in [0.25, 0.3) is 0 Å². The van der Waals surface area contributed by atoms with Crippen LogP contribution in [-0.4, -0.2) is 48.6 Å². The molecule has 8 nitrogen and oxygen atoms in total. The number of aliphatic hydroxyl groups excluding tert-OH is 1. The van der Waals surface area contributed by atoms with Crippen LogP contribution in [0, 0.1) is 0 Å². The van der Waals surface area contributed by atoms with Crippen LogP contribution in [0.3, 0.4) is 0 Å². The Balaban J connectivity index is 0.000000420. The molecule has 236 valence electrons. The van der Waals surface area contributed by atoms with Crippen LogP contribution < -0.4 is 4.74 Å². The third-order valence-electron chi connectivity index (χ3n) is 6.82. The highest BCUT2D eigenvalue weighted by Crippen LogP contribution is 2.26. The lowest BCUT2D eigenvalue weighted by atomic mass is 10.0. The van der Waals surface area contributed by atoms with E-state index in [1.54, 1.807) is 12.1 Å². The highest BCUT2D eigenvalue weighted by molar-refractivity contribution is 5.70. The summed E-state index contributed by atoms with van der Waals surface area (Å²) in [6.45, 7) is 4.77. The van der Waals surface area contributed by atoms with E-state index in [0.29, 0.717) is 18.6 Å². The smallest absolute Gasteiger partial charge is 0.308 e. The molecule has 0 heterocycles. The summed E-state index contributed by atoms with van der Waals surface area (Å²) >= 11 is 0. The summed E-state index contributed by atoms with van der Waals surface area (Å²) < 4.78 is 20.7. The Labute approximate surface area is 252 Å². The first-order valence-electron chi connectivity index (χ1n) is 15.3. The van der Waals surface area contributed by atoms with E-state index in [9.17, 15) is 19.8 Å². The molecule has 0 aliphatic rings. The van der Waals surface area contributed by atoms with E-state index in [2.05, 4.69) is 13.8 Å². The summed E-state index contributed by atoms with van der Waals surface area (Å²) in [7, 11) is 3.00. The summed E-state index contributed by atoms with van der Waals surface area (Å²) in [6, 6.07) is 14.5. The first-order valence-corrected chi connectivity index (χ1v) is 15.3. The Kier molecular flexibility index (Phi) is 20.6. The molecule has 2 N–H and O–H groups in total. The van der Waals surface area contributed by atoms with Gasteiger partial charge in [-0.25, -0.2) is 0 Å². The van der Waals surface area contributed by atoms with Crippen LogP contribution in [0.25, 0.3) is 0 Å². The molecule has 0 saturated heterocycles. The largest absolute Gasteiger partial charge is 0.504 e. The molecule has 0 radical (unpaired) electrons. The van der Waals surface area contributed by atoms with E-state index >= 15 is 0 Å². The lowest BCUT2D eigenvalue weighted by Crippen LogP contribution is -2.31. The fourth-order valence-electron chi connectivity index (χ4n) is 4.22. The third-order valence-corrected chi connectivity index (χ3v) is 6.82. The second-order valence-corrected chi connectivity index (χ2v) is 10.4. The number of carbonyl (C=O) groups is 2. The molecule has 0 spiro atoms. The fourth-order valence-corrected chi connectivity index (χ4v) is 4.22. The van der Waals surface area contributed by atoms with Crippen molar-refractivity contribution in [2.24, 2.45) is 0 Å². The summed E-state index contributed by atoms with van der Waals surface area (Å²) in [5.74, 6) is -0.0445. The minimum atomic E-state index is -0.620. The van der Waals surface area contributed by atoms with Gasteiger partial charge >= 0.3 is 11.9 Å². The van der Waals surface area contributed by atoms with Crippen LogP contribution >= 0.6 is 0 Å². The Morgan fingerprint density at radius 2 is 1.38 bits per heavy atom. The summed E-state index contributed by atoms with van der Waals surface area (Å²) in [5.41, 5.74) is 1.75. The summed E-state index contributed by atoms with van der Waals surface area (Å²) in [5, 5.41) is 19.5. The maximum Gasteiger partial charge on any atom is 0.308 e. The van der Waals surface area contributed by atoms with Gasteiger partial charge in [-0.05, 0) is 36.1 Å². The molecular formula is C34H52O8. The molecule has 0 saturated carbocycles. The minimum absolute atomic E-state index is 0.0800. The average molecular weight is 589 g/mol. The molecule has 8 heteroatoms. The Hall–Kier alpha value is -3.10. The second kappa shape index (κ2) is 23.5. The number of aromatic hydroxyl groups is 1. The highest BCUT2D eigenvalue weighted by atomic mass is 16.5. The molecule has 0 aromatic heterocycles. The zero-order chi connectivity index (χ0) is 31.0. The van der Waals surface area contributed by atoms with Gasteiger partial charge in [0.05, 0.1) is 25.7 Å². The van der Waals surface area contributed by atoms with Gasteiger partial charge in [-0.3, -0.25) is 9.59 Å². The van der Waals surface area contributed by atoms with Crippen LogP contribution in [0.5, 0.6) is 11.5 Å². The first kappa shape index (κ1) is 36.9. The molecule has 42 heavy (non-hydrogen) atoms. The third kappa shape index (κ3) is 17.0. The monoisotopic (exact) mass is 588 g/mol. The maximum absolute atomic E-state index is 11.8. The molecule has 2 atom stereocenters. The normalized spacial score (nSPS) is 12.0. The maximum atomic E-state index is 11.8. The standard InChI is InChI=1S/2C17H26O4/c1-3-4-6-11-15(18)16(20-2)12-17(19)21-13-14-9-7-5-8-10-14;1-3-4-5-6-7-8-9-17(19)21-13-14-10-11-15(18)16(12-14)20-2/h5,7-10,15-16,18H,3-4,6,11-13H2,1-2H3;10-12,18H,3-9,13H2,1-2H3. The molecule has 2 aromatic carbocycles. The first-order chi connectivity index (χ1) is 20.3. The molecule has 0 fully saturated rings. The highest BCUT2D eigenvalue weighted by Gasteiger charge is 2.22. The van der Waals surface area contributed by atoms with E-state index in [0.717, 1.165) is 43.2 Å². The van der Waals surface area contributed by atoms with Gasteiger partial charge in [0.1, 0.15) is 13.2 Å². The van der Waals surface area contributed by atoms with Gasteiger partial charge in [0, 0.05) is 13.5 Å². The van der Waals surface area contributed by atoms with E-state index in [1.807, 2.05) is 30.3 Å². The predicted molar refractivity (Wildman–Crippen MR) is 164 cm³/mol. The number of esters is 2. The number of aliphatic hydroxyl groups is 1. The number of phenolic OH excluding ortho intramolecular Hbond substituents is 1. The average Bonchev–Trinajstić information content (AvgIpc) is 3.01. The van der Waals surface area contributed by atoms with Crippen LogP contribution in [-0.2, 0) is 37.0 Å². The van der Waals surface area contributed by atoms with Crippen molar-refractivity contribution >= 4 is 11.9 Å². The fraction of sp³-hybridized carbons (Fsp3) is 0.588. The predicted octanol–water partition coefficient (Wildman–Crippen LogP) is 7.27. The number of phenols is 1. The minimum Gasteiger partial charge on any atom is -0.504 e. The van der Waals surface area contributed by atoms with Crippen LogP contribution in [0.1, 0.15) is 102 Å². The number of hydrogen-bond donors (Lipinski definition) is 2. The zero-order valence-corrected chi connectivity index (χ0v) is 26.0. The van der Waals surface area contributed by atoms with Gasteiger partial charge < -0.3 is 29.2 Å². The molecule has 0 amide bonds. The second-order valence-electron chi connectivity index (χ2n) is 10.4. The van der Waals surface area contributed by atoms with Crippen molar-refractivity contribution in [3.05, 3.63) is 59.7 Å². The lowest BCUT2D eigenvalue weighted by molar-refractivity contribution is -0.150. The van der Waals surface area contributed by atoms with Crippen molar-refractivity contribution in [3.8, 4) is 11.5 Å². The van der Waals surface area contributed by atoms with Crippen molar-refractivity contribution < 1.29 is 38.7 Å². The number of benzene rings is 2. The van der Waals surface area contributed by atoms with Crippen molar-refractivity contribution in [2.45, 2.75) is 116 Å². The van der Waals surface area contributed by atoms with Crippen molar-refractivity contribution in [3.63, 3.8) is 0 Å². The van der Waals surface area contributed by atoms with Crippen LogP contribution in [0.2, 0.25) is 0 Å². The number of ether oxygens (including phenoxy) is 4. The SMILES string of the molecule is CCCCCC(O)C(CC(=O)OCc1ccccc1)OC.CCCCCCCCC(=O)OCc1ccc(O)c(OC)c1. The van der Waals surface area contributed by atoms with Gasteiger partial charge in [0.15, 0.2) is 11.5 Å². The summed E-state index contributed by atoms with van der Waals surface area (Å²) in [6.07, 6.45) is 10.1. The quantitative estimate of drug-likeness (QED) is 0.123.